The van der Waals surface area contributed by atoms with Gasteiger partial charge in [0.1, 0.15) is 18.1 Å². The highest BCUT2D eigenvalue weighted by molar-refractivity contribution is 6.11. The van der Waals surface area contributed by atoms with Crippen molar-refractivity contribution in [2.75, 3.05) is 44.8 Å². The minimum atomic E-state index is -0.938. The number of oxime groups is 1. The number of hydrogen-bond acceptors (Lipinski definition) is 7. The van der Waals surface area contributed by atoms with Crippen molar-refractivity contribution in [3.05, 3.63) is 83.4 Å². The zero-order valence-corrected chi connectivity index (χ0v) is 19.7. The number of pyridine rings is 2. The molecule has 2 aromatic heterocycles. The van der Waals surface area contributed by atoms with Gasteiger partial charge in [0.15, 0.2) is 11.6 Å². The molecule has 2 aliphatic heterocycles. The zero-order chi connectivity index (χ0) is 24.4. The normalized spacial score (nSPS) is 17.1. The highest BCUT2D eigenvalue weighted by Gasteiger charge is 2.51. The summed E-state index contributed by atoms with van der Waals surface area (Å²) in [5.41, 5.74) is 3.82. The van der Waals surface area contributed by atoms with Gasteiger partial charge in [-0.1, -0.05) is 11.2 Å². The number of aromatic nitrogens is 2. The molecule has 0 unspecified atom stereocenters. The van der Waals surface area contributed by atoms with E-state index < -0.39 is 11.6 Å². The van der Waals surface area contributed by atoms with E-state index in [1.807, 2.05) is 24.4 Å². The first-order valence-corrected chi connectivity index (χ1v) is 11.6. The lowest BCUT2D eigenvalue weighted by molar-refractivity contribution is -0.0274. The maximum atomic E-state index is 13.8. The molecule has 0 atom stereocenters. The van der Waals surface area contributed by atoms with Crippen LogP contribution in [0, 0.1) is 17.0 Å². The Bertz CT molecular complexity index is 1220. The van der Waals surface area contributed by atoms with Crippen molar-refractivity contribution in [1.82, 2.24) is 14.9 Å². The molecule has 9 heteroatoms. The maximum Gasteiger partial charge on any atom is 0.159 e. The van der Waals surface area contributed by atoms with Gasteiger partial charge in [-0.2, -0.15) is 0 Å². The first-order chi connectivity index (χ1) is 17.0. The fraction of sp³-hybridized carbons (Fsp3) is 0.346. The van der Waals surface area contributed by atoms with Crippen LogP contribution in [0.5, 0.6) is 5.75 Å². The Morgan fingerprint density at radius 2 is 1.86 bits per heavy atom. The van der Waals surface area contributed by atoms with Gasteiger partial charge in [-0.3, -0.25) is 14.9 Å². The van der Waals surface area contributed by atoms with Crippen molar-refractivity contribution in [2.24, 2.45) is 10.6 Å². The number of anilines is 1. The van der Waals surface area contributed by atoms with E-state index in [0.29, 0.717) is 29.0 Å². The van der Waals surface area contributed by atoms with Crippen molar-refractivity contribution in [3.63, 3.8) is 0 Å². The minimum Gasteiger partial charge on any atom is -0.495 e. The van der Waals surface area contributed by atoms with Gasteiger partial charge in [0.25, 0.3) is 0 Å². The molecule has 4 heterocycles. The molecule has 0 saturated carbocycles. The van der Waals surface area contributed by atoms with Crippen molar-refractivity contribution < 1.29 is 18.4 Å². The fourth-order valence-electron chi connectivity index (χ4n) is 4.79. The number of halogens is 2. The topological polar surface area (TPSA) is 63.1 Å². The Morgan fingerprint density at radius 3 is 2.54 bits per heavy atom. The van der Waals surface area contributed by atoms with Gasteiger partial charge in [0, 0.05) is 56.0 Å². The van der Waals surface area contributed by atoms with Gasteiger partial charge < -0.3 is 14.5 Å². The molecule has 0 N–H and O–H groups in total. The molecule has 35 heavy (non-hydrogen) atoms. The third kappa shape index (κ3) is 4.81. The van der Waals surface area contributed by atoms with E-state index in [4.69, 9.17) is 9.57 Å². The van der Waals surface area contributed by atoms with E-state index in [-0.39, 0.29) is 0 Å². The van der Waals surface area contributed by atoms with Gasteiger partial charge in [-0.05, 0) is 36.8 Å². The second kappa shape index (κ2) is 9.58. The molecule has 7 nitrogen and oxygen atoms in total. The smallest absolute Gasteiger partial charge is 0.159 e. The van der Waals surface area contributed by atoms with Crippen LogP contribution in [-0.2, 0) is 11.4 Å². The molecule has 182 valence electrons. The molecule has 2 fully saturated rings. The number of methoxy groups -OCH3 is 1. The molecule has 0 aliphatic carbocycles. The predicted molar refractivity (Wildman–Crippen MR) is 129 cm³/mol. The predicted octanol–water partition coefficient (Wildman–Crippen LogP) is 3.87. The van der Waals surface area contributed by atoms with E-state index in [1.165, 1.54) is 6.07 Å². The van der Waals surface area contributed by atoms with Crippen LogP contribution in [-0.4, -0.2) is 60.5 Å². The molecule has 1 aromatic carbocycles. The lowest BCUT2D eigenvalue weighted by Gasteiger charge is -2.61. The average molecular weight is 480 g/mol. The lowest BCUT2D eigenvalue weighted by atomic mass is 9.72. The number of likely N-dealkylation sites (tertiary alicyclic amines) is 1. The monoisotopic (exact) mass is 479 g/mol. The molecule has 1 spiro atoms. The molecular weight excluding hydrogens is 452 g/mol. The van der Waals surface area contributed by atoms with Gasteiger partial charge >= 0.3 is 0 Å². The van der Waals surface area contributed by atoms with Crippen LogP contribution in [0.25, 0.3) is 0 Å². The van der Waals surface area contributed by atoms with Crippen LogP contribution in [0.2, 0.25) is 0 Å². The van der Waals surface area contributed by atoms with E-state index in [0.717, 1.165) is 61.9 Å². The number of hydrogen-bond donors (Lipinski definition) is 0. The van der Waals surface area contributed by atoms with E-state index in [9.17, 15) is 8.78 Å². The molecule has 2 saturated heterocycles. The summed E-state index contributed by atoms with van der Waals surface area (Å²) in [5.74, 6) is -1.07. The van der Waals surface area contributed by atoms with Crippen molar-refractivity contribution in [2.45, 2.75) is 13.5 Å². The summed E-state index contributed by atoms with van der Waals surface area (Å²) in [7, 11) is 1.65. The van der Waals surface area contributed by atoms with Crippen LogP contribution in [0.3, 0.4) is 0 Å². The third-order valence-corrected chi connectivity index (χ3v) is 6.42. The Kier molecular flexibility index (Phi) is 6.34. The molecule has 5 rings (SSSR count). The van der Waals surface area contributed by atoms with Crippen LogP contribution in [0.15, 0.2) is 60.1 Å². The van der Waals surface area contributed by atoms with Crippen LogP contribution < -0.4 is 9.64 Å². The summed E-state index contributed by atoms with van der Waals surface area (Å²) < 4.78 is 32.4. The highest BCUT2D eigenvalue weighted by Crippen LogP contribution is 2.42. The summed E-state index contributed by atoms with van der Waals surface area (Å²) in [6.07, 6.45) is 5.40. The van der Waals surface area contributed by atoms with Gasteiger partial charge in [0.2, 0.25) is 0 Å². The number of nitrogens with zero attached hydrogens (tertiary/aromatic N) is 5. The second-order valence-corrected chi connectivity index (χ2v) is 9.12. The Balaban J connectivity index is 1.19. The van der Waals surface area contributed by atoms with Crippen LogP contribution >= 0.6 is 0 Å². The van der Waals surface area contributed by atoms with Crippen LogP contribution in [0.4, 0.5) is 14.5 Å². The lowest BCUT2D eigenvalue weighted by Crippen LogP contribution is -2.71. The van der Waals surface area contributed by atoms with E-state index in [1.54, 1.807) is 26.4 Å². The Morgan fingerprint density at radius 1 is 1.03 bits per heavy atom. The molecule has 3 aromatic rings. The van der Waals surface area contributed by atoms with Gasteiger partial charge in [-0.15, -0.1) is 0 Å². The largest absolute Gasteiger partial charge is 0.495 e. The summed E-state index contributed by atoms with van der Waals surface area (Å²) in [6, 6.07) is 9.49. The minimum absolute atomic E-state index is 0.334. The molecule has 2 aliphatic rings. The number of benzene rings is 1. The standard InChI is InChI=1S/C26H27F2N5O2/c1-3-35-31-25(19-5-6-22(27)23(28)8-19)24-7-4-18(10-30-24)13-32-14-26(15-32)16-33(17-26)20-9-21(34-2)12-29-11-20/h4-12H,3,13-17H2,1-2H3. The highest BCUT2D eigenvalue weighted by atomic mass is 19.2. The summed E-state index contributed by atoms with van der Waals surface area (Å²) >= 11 is 0. The maximum absolute atomic E-state index is 13.8. The summed E-state index contributed by atoms with van der Waals surface area (Å²) in [4.78, 5) is 18.7. The second-order valence-electron chi connectivity index (χ2n) is 9.12. The summed E-state index contributed by atoms with van der Waals surface area (Å²) in [5, 5.41) is 4.09. The summed E-state index contributed by atoms with van der Waals surface area (Å²) in [6.45, 7) is 7.06. The molecular formula is C26H27F2N5O2. The Hall–Kier alpha value is -3.59. The quantitative estimate of drug-likeness (QED) is 0.361. The van der Waals surface area contributed by atoms with Crippen molar-refractivity contribution >= 4 is 11.4 Å². The van der Waals surface area contributed by atoms with Crippen LogP contribution in [0.1, 0.15) is 23.7 Å². The van der Waals surface area contributed by atoms with Gasteiger partial charge in [0.05, 0.1) is 30.9 Å². The van der Waals surface area contributed by atoms with Crippen molar-refractivity contribution in [3.8, 4) is 5.75 Å². The first kappa shape index (κ1) is 23.2. The molecule has 0 radical (unpaired) electrons. The zero-order valence-electron chi connectivity index (χ0n) is 19.7. The van der Waals surface area contributed by atoms with Gasteiger partial charge in [-0.25, -0.2) is 8.78 Å². The Labute approximate surface area is 203 Å². The third-order valence-electron chi connectivity index (χ3n) is 6.42. The molecule has 0 amide bonds. The SMILES string of the molecule is CCON=C(c1ccc(F)c(F)c1)c1ccc(CN2CC3(C2)CN(c2cncc(OC)c2)C3)cn1. The number of rotatable bonds is 8. The van der Waals surface area contributed by atoms with E-state index >= 15 is 0 Å². The molecule has 0 bridgehead atoms. The first-order valence-electron chi connectivity index (χ1n) is 11.6. The fourth-order valence-corrected chi connectivity index (χ4v) is 4.79. The average Bonchev–Trinajstić information content (AvgIpc) is 2.83. The van der Waals surface area contributed by atoms with Crippen molar-refractivity contribution in [1.29, 1.82) is 0 Å². The number of ether oxygens (including phenoxy) is 1. The van der Waals surface area contributed by atoms with E-state index in [2.05, 4.69) is 24.9 Å².